The molecule has 1 atom stereocenters. The zero-order valence-corrected chi connectivity index (χ0v) is 21.4. The molecular formula is C27H34ClN3O2. The van der Waals surface area contributed by atoms with Crippen molar-refractivity contribution < 1.29 is 4.79 Å². The molecule has 6 heteroatoms. The molecule has 0 aliphatic heterocycles. The number of amides is 1. The maximum atomic E-state index is 13.7. The predicted octanol–water partition coefficient (Wildman–Crippen LogP) is 6.33. The van der Waals surface area contributed by atoms with Crippen molar-refractivity contribution >= 4 is 28.4 Å². The third kappa shape index (κ3) is 5.47. The van der Waals surface area contributed by atoms with Crippen molar-refractivity contribution in [2.45, 2.75) is 60.9 Å². The first kappa shape index (κ1) is 25.0. The Morgan fingerprint density at radius 1 is 1.09 bits per heavy atom. The van der Waals surface area contributed by atoms with Crippen molar-refractivity contribution in [3.8, 4) is 5.69 Å². The number of carbonyl (C=O) groups is 1. The number of rotatable bonds is 6. The van der Waals surface area contributed by atoms with Crippen molar-refractivity contribution in [2.75, 3.05) is 6.54 Å². The molecule has 1 heterocycles. The van der Waals surface area contributed by atoms with E-state index in [4.69, 9.17) is 16.6 Å². The average Bonchev–Trinajstić information content (AvgIpc) is 2.73. The van der Waals surface area contributed by atoms with Gasteiger partial charge in [0.15, 0.2) is 0 Å². The SMILES string of the molecule is Cc1ccc(-n2c(C(C)N(CCC(C)C)C(=O)C(C)(C)C)nc3cc(Cl)ccc3c2=O)cc1. The van der Waals surface area contributed by atoms with E-state index in [9.17, 15) is 9.59 Å². The Labute approximate surface area is 201 Å². The fraction of sp³-hybridized carbons (Fsp3) is 0.444. The van der Waals surface area contributed by atoms with E-state index in [0.717, 1.165) is 17.7 Å². The lowest BCUT2D eigenvalue weighted by Gasteiger charge is -2.35. The van der Waals surface area contributed by atoms with Gasteiger partial charge in [-0.15, -0.1) is 0 Å². The van der Waals surface area contributed by atoms with Crippen LogP contribution in [0.3, 0.4) is 0 Å². The van der Waals surface area contributed by atoms with Gasteiger partial charge in [-0.2, -0.15) is 0 Å². The Morgan fingerprint density at radius 3 is 2.30 bits per heavy atom. The molecule has 176 valence electrons. The van der Waals surface area contributed by atoms with Crippen LogP contribution in [-0.4, -0.2) is 26.9 Å². The molecule has 0 bridgehead atoms. The number of hydrogen-bond donors (Lipinski definition) is 0. The lowest BCUT2D eigenvalue weighted by Crippen LogP contribution is -2.43. The predicted molar refractivity (Wildman–Crippen MR) is 136 cm³/mol. The molecule has 1 amide bonds. The summed E-state index contributed by atoms with van der Waals surface area (Å²) in [5, 5.41) is 1.01. The smallest absolute Gasteiger partial charge is 0.266 e. The van der Waals surface area contributed by atoms with E-state index >= 15 is 0 Å². The van der Waals surface area contributed by atoms with Crippen molar-refractivity contribution in [1.29, 1.82) is 0 Å². The molecule has 0 aliphatic rings. The van der Waals surface area contributed by atoms with Crippen LogP contribution in [0, 0.1) is 18.3 Å². The molecule has 0 N–H and O–H groups in total. The molecule has 3 rings (SSSR count). The van der Waals surface area contributed by atoms with E-state index in [1.54, 1.807) is 22.8 Å². The van der Waals surface area contributed by atoms with Gasteiger partial charge in [-0.3, -0.25) is 14.2 Å². The summed E-state index contributed by atoms with van der Waals surface area (Å²) in [7, 11) is 0. The Bertz CT molecular complexity index is 1210. The minimum atomic E-state index is -0.555. The number of aryl methyl sites for hydroxylation is 1. The Morgan fingerprint density at radius 2 is 1.73 bits per heavy atom. The second kappa shape index (κ2) is 9.68. The number of carbonyl (C=O) groups excluding carboxylic acids is 1. The monoisotopic (exact) mass is 467 g/mol. The van der Waals surface area contributed by atoms with E-state index in [0.29, 0.717) is 34.2 Å². The second-order valence-electron chi connectivity index (χ2n) is 10.2. The van der Waals surface area contributed by atoms with Crippen LogP contribution >= 0.6 is 11.6 Å². The third-order valence-corrected chi connectivity index (χ3v) is 6.08. The third-order valence-electron chi connectivity index (χ3n) is 5.84. The van der Waals surface area contributed by atoms with Gasteiger partial charge >= 0.3 is 0 Å². The molecule has 0 spiro atoms. The molecule has 0 saturated carbocycles. The molecule has 0 fully saturated rings. The minimum absolute atomic E-state index is 0.0338. The summed E-state index contributed by atoms with van der Waals surface area (Å²) in [6.45, 7) is 14.6. The first-order valence-corrected chi connectivity index (χ1v) is 11.9. The Hall–Kier alpha value is -2.66. The van der Waals surface area contributed by atoms with Crippen molar-refractivity contribution in [1.82, 2.24) is 14.5 Å². The summed E-state index contributed by atoms with van der Waals surface area (Å²) < 4.78 is 1.64. The van der Waals surface area contributed by atoms with Crippen LogP contribution in [0.4, 0.5) is 0 Å². The summed E-state index contributed by atoms with van der Waals surface area (Å²) in [4.78, 5) is 33.9. The van der Waals surface area contributed by atoms with Gasteiger partial charge in [-0.05, 0) is 56.5 Å². The molecule has 1 aromatic heterocycles. The summed E-state index contributed by atoms with van der Waals surface area (Å²) in [5.41, 5.74) is 1.63. The highest BCUT2D eigenvalue weighted by Gasteiger charge is 2.33. The second-order valence-corrected chi connectivity index (χ2v) is 10.7. The van der Waals surface area contributed by atoms with Gasteiger partial charge in [0.05, 0.1) is 22.6 Å². The van der Waals surface area contributed by atoms with E-state index in [1.165, 1.54) is 0 Å². The summed E-state index contributed by atoms with van der Waals surface area (Å²) in [5.74, 6) is 1.00. The van der Waals surface area contributed by atoms with Gasteiger partial charge in [-0.25, -0.2) is 4.98 Å². The van der Waals surface area contributed by atoms with E-state index in [-0.39, 0.29) is 11.5 Å². The van der Waals surface area contributed by atoms with Crippen LogP contribution in [0.15, 0.2) is 47.3 Å². The quantitative estimate of drug-likeness (QED) is 0.425. The molecule has 0 aliphatic carbocycles. The zero-order valence-electron chi connectivity index (χ0n) is 20.6. The Balaban J connectivity index is 2.27. The van der Waals surface area contributed by atoms with Gasteiger partial charge in [-0.1, -0.05) is 63.9 Å². The minimum Gasteiger partial charge on any atom is -0.332 e. The van der Waals surface area contributed by atoms with Crippen molar-refractivity contribution in [3.05, 3.63) is 69.2 Å². The molecule has 5 nitrogen and oxygen atoms in total. The standard InChI is InChI=1S/C27H34ClN3O2/c1-17(2)14-15-30(26(33)27(5,6)7)19(4)24-29-23-16-20(28)10-13-22(23)25(32)31(24)21-11-8-18(3)9-12-21/h8-13,16-17,19H,14-15H2,1-7H3. The van der Waals surface area contributed by atoms with Crippen LogP contribution in [0.5, 0.6) is 0 Å². The summed E-state index contributed by atoms with van der Waals surface area (Å²) in [6.07, 6.45) is 0.861. The summed E-state index contributed by atoms with van der Waals surface area (Å²) in [6, 6.07) is 12.5. The zero-order chi connectivity index (χ0) is 24.5. The van der Waals surface area contributed by atoms with Gasteiger partial charge in [0.1, 0.15) is 5.82 Å². The van der Waals surface area contributed by atoms with Crippen LogP contribution in [0.1, 0.15) is 65.4 Å². The highest BCUT2D eigenvalue weighted by Crippen LogP contribution is 2.29. The van der Waals surface area contributed by atoms with E-state index < -0.39 is 11.5 Å². The first-order chi connectivity index (χ1) is 15.4. The maximum absolute atomic E-state index is 13.7. The van der Waals surface area contributed by atoms with Crippen LogP contribution in [0.2, 0.25) is 5.02 Å². The number of benzene rings is 2. The number of aromatic nitrogens is 2. The van der Waals surface area contributed by atoms with Crippen LogP contribution in [0.25, 0.3) is 16.6 Å². The van der Waals surface area contributed by atoms with Gasteiger partial charge in [0.2, 0.25) is 5.91 Å². The van der Waals surface area contributed by atoms with Gasteiger partial charge < -0.3 is 4.90 Å². The molecule has 33 heavy (non-hydrogen) atoms. The molecular weight excluding hydrogens is 434 g/mol. The number of fused-ring (bicyclic) bond motifs is 1. The molecule has 3 aromatic rings. The van der Waals surface area contributed by atoms with Gasteiger partial charge in [0, 0.05) is 17.0 Å². The van der Waals surface area contributed by atoms with Gasteiger partial charge in [0.25, 0.3) is 5.56 Å². The topological polar surface area (TPSA) is 55.2 Å². The highest BCUT2D eigenvalue weighted by atomic mass is 35.5. The van der Waals surface area contributed by atoms with Crippen LogP contribution in [-0.2, 0) is 4.79 Å². The highest BCUT2D eigenvalue weighted by molar-refractivity contribution is 6.31. The fourth-order valence-corrected chi connectivity index (χ4v) is 4.00. The normalized spacial score (nSPS) is 12.9. The largest absolute Gasteiger partial charge is 0.332 e. The molecule has 1 unspecified atom stereocenters. The summed E-state index contributed by atoms with van der Waals surface area (Å²) >= 11 is 6.22. The molecule has 2 aromatic carbocycles. The van der Waals surface area contributed by atoms with Crippen molar-refractivity contribution in [2.24, 2.45) is 11.3 Å². The van der Waals surface area contributed by atoms with E-state index in [2.05, 4.69) is 13.8 Å². The lowest BCUT2D eigenvalue weighted by molar-refractivity contribution is -0.142. The number of hydrogen-bond acceptors (Lipinski definition) is 3. The molecule has 0 radical (unpaired) electrons. The average molecular weight is 468 g/mol. The Kier molecular flexibility index (Phi) is 7.32. The van der Waals surface area contributed by atoms with Crippen LogP contribution < -0.4 is 5.56 Å². The fourth-order valence-electron chi connectivity index (χ4n) is 3.84. The lowest BCUT2D eigenvalue weighted by atomic mass is 9.93. The first-order valence-electron chi connectivity index (χ1n) is 11.5. The van der Waals surface area contributed by atoms with Crippen molar-refractivity contribution in [3.63, 3.8) is 0 Å². The maximum Gasteiger partial charge on any atom is 0.266 e. The van der Waals surface area contributed by atoms with E-state index in [1.807, 2.05) is 63.8 Å². The number of nitrogens with zero attached hydrogens (tertiary/aromatic N) is 3. The molecule has 0 saturated heterocycles. The number of halogens is 1.